The van der Waals surface area contributed by atoms with Crippen LogP contribution in [0.5, 0.6) is 17.4 Å². The van der Waals surface area contributed by atoms with E-state index in [1.807, 2.05) is 6.92 Å². The third kappa shape index (κ3) is 5.61. The highest BCUT2D eigenvalue weighted by Crippen LogP contribution is 2.42. The fraction of sp³-hybridized carbons (Fsp3) is 0.435. The summed E-state index contributed by atoms with van der Waals surface area (Å²) in [5.74, 6) is 1.10. The third-order valence-electron chi connectivity index (χ3n) is 5.68. The Hall–Kier alpha value is -2.85. The van der Waals surface area contributed by atoms with Crippen molar-refractivity contribution in [3.05, 3.63) is 40.2 Å². The minimum Gasteiger partial charge on any atom is -0.478 e. The zero-order valence-electron chi connectivity index (χ0n) is 18.6. The molecule has 2 N–H and O–H groups in total. The van der Waals surface area contributed by atoms with Crippen molar-refractivity contribution in [2.24, 2.45) is 0 Å². The van der Waals surface area contributed by atoms with E-state index >= 15 is 0 Å². The molecule has 34 heavy (non-hydrogen) atoms. The van der Waals surface area contributed by atoms with Crippen molar-refractivity contribution in [3.63, 3.8) is 0 Å². The van der Waals surface area contributed by atoms with Crippen molar-refractivity contribution >= 4 is 35.5 Å². The molecular weight excluding hydrogens is 484 g/mol. The van der Waals surface area contributed by atoms with Crippen molar-refractivity contribution in [2.75, 3.05) is 6.79 Å². The Morgan fingerprint density at radius 2 is 1.97 bits per heavy atom. The second-order valence-electron chi connectivity index (χ2n) is 8.10. The largest absolute Gasteiger partial charge is 0.512 e. The maximum Gasteiger partial charge on any atom is 0.512 e. The van der Waals surface area contributed by atoms with Crippen molar-refractivity contribution in [1.29, 1.82) is 0 Å². The number of nitrogens with zero attached hydrogens (tertiary/aromatic N) is 2. The Bertz CT molecular complexity index is 1120. The summed E-state index contributed by atoms with van der Waals surface area (Å²) in [6.07, 6.45) is 4.24. The quantitative estimate of drug-likeness (QED) is 0.358. The van der Waals surface area contributed by atoms with Gasteiger partial charge in [-0.05, 0) is 43.7 Å². The van der Waals surface area contributed by atoms with Gasteiger partial charge in [0.1, 0.15) is 5.82 Å². The molecule has 0 unspecified atom stereocenters. The van der Waals surface area contributed by atoms with Crippen molar-refractivity contribution < 1.29 is 34.0 Å². The molecule has 0 bridgehead atoms. The van der Waals surface area contributed by atoms with E-state index in [0.717, 1.165) is 30.4 Å². The Morgan fingerprint density at radius 3 is 2.62 bits per heavy atom. The Morgan fingerprint density at radius 1 is 1.26 bits per heavy atom. The van der Waals surface area contributed by atoms with Gasteiger partial charge in [0.05, 0.1) is 6.54 Å². The lowest BCUT2D eigenvalue weighted by atomic mass is 9.94. The number of allylic oxidation sites excluding steroid dienone is 1. The summed E-state index contributed by atoms with van der Waals surface area (Å²) < 4.78 is 17.8. The monoisotopic (exact) mass is 508 g/mol. The number of aliphatic carboxylic acids is 1. The number of aromatic nitrogens is 2. The number of hydrogen-bond donors (Lipinski definition) is 2. The molecule has 0 radical (unpaired) electrons. The van der Waals surface area contributed by atoms with Crippen LogP contribution in [-0.4, -0.2) is 43.9 Å². The highest BCUT2D eigenvalue weighted by molar-refractivity contribution is 8.00. The Balaban J connectivity index is 1.62. The first kappa shape index (κ1) is 24.3. The Kier molecular flexibility index (Phi) is 7.57. The normalized spacial score (nSPS) is 17.0. The average Bonchev–Trinajstić information content (AvgIpc) is 3.34. The van der Waals surface area contributed by atoms with Gasteiger partial charge in [-0.15, -0.1) is 0 Å². The maximum absolute atomic E-state index is 11.6. The highest BCUT2D eigenvalue weighted by atomic mass is 35.5. The molecule has 2 heterocycles. The molecule has 2 aromatic rings. The van der Waals surface area contributed by atoms with Crippen LogP contribution in [0.3, 0.4) is 0 Å². The molecule has 1 aliphatic heterocycles. The van der Waals surface area contributed by atoms with E-state index in [-0.39, 0.29) is 24.5 Å². The van der Waals surface area contributed by atoms with Gasteiger partial charge in [0.25, 0.3) is 0 Å². The van der Waals surface area contributed by atoms with Gasteiger partial charge >= 0.3 is 12.1 Å². The van der Waals surface area contributed by atoms with Crippen molar-refractivity contribution in [1.82, 2.24) is 9.55 Å². The molecular formula is C23H25ClN2O7S. The molecule has 0 amide bonds. The minimum atomic E-state index is -1.42. The number of imidazole rings is 1. The molecule has 1 aliphatic carbocycles. The van der Waals surface area contributed by atoms with E-state index < -0.39 is 12.1 Å². The molecule has 2 aliphatic rings. The molecule has 11 heteroatoms. The predicted octanol–water partition coefficient (Wildman–Crippen LogP) is 5.37. The number of carbonyl (C=O) groups is 2. The van der Waals surface area contributed by atoms with Gasteiger partial charge < -0.3 is 24.4 Å². The first-order valence-corrected chi connectivity index (χ1v) is 12.3. The molecule has 0 atom stereocenters. The predicted molar refractivity (Wildman–Crippen MR) is 125 cm³/mol. The second kappa shape index (κ2) is 10.6. The van der Waals surface area contributed by atoms with E-state index in [0.29, 0.717) is 46.6 Å². The molecule has 9 nitrogen and oxygen atoms in total. The topological polar surface area (TPSA) is 120 Å². The van der Waals surface area contributed by atoms with Crippen LogP contribution in [0.2, 0.25) is 5.02 Å². The summed E-state index contributed by atoms with van der Waals surface area (Å²) in [6.45, 7) is 2.41. The smallest absolute Gasteiger partial charge is 0.478 e. The number of fused-ring (bicyclic) bond motifs is 1. The lowest BCUT2D eigenvalue weighted by molar-refractivity contribution is -0.131. The summed E-state index contributed by atoms with van der Waals surface area (Å²) in [5.41, 5.74) is 1.65. The average molecular weight is 509 g/mol. The SMILES string of the molecule is CCCc1nc(SC2CCC(=CC(=O)O)CC2)c(OC(=O)O)n1Cc1cc2c(cc1Cl)OCO2. The van der Waals surface area contributed by atoms with Gasteiger partial charge in [-0.3, -0.25) is 4.57 Å². The fourth-order valence-electron chi connectivity index (χ4n) is 4.10. The lowest BCUT2D eigenvalue weighted by Crippen LogP contribution is -2.13. The van der Waals surface area contributed by atoms with Crippen LogP contribution < -0.4 is 14.2 Å². The minimum absolute atomic E-state index is 0.125. The van der Waals surface area contributed by atoms with Crippen LogP contribution in [0, 0.1) is 0 Å². The number of aryl methyl sites for hydroxylation is 1. The van der Waals surface area contributed by atoms with E-state index in [9.17, 15) is 14.7 Å². The van der Waals surface area contributed by atoms with Gasteiger partial charge in [-0.1, -0.05) is 35.9 Å². The van der Waals surface area contributed by atoms with Crippen LogP contribution in [-0.2, 0) is 17.8 Å². The molecule has 1 saturated carbocycles. The summed E-state index contributed by atoms with van der Waals surface area (Å²) in [5, 5.41) is 19.6. The molecule has 4 rings (SSSR count). The lowest BCUT2D eigenvalue weighted by Gasteiger charge is -2.22. The molecule has 1 aromatic heterocycles. The van der Waals surface area contributed by atoms with Crippen LogP contribution in [0.15, 0.2) is 28.8 Å². The molecule has 1 fully saturated rings. The molecule has 182 valence electrons. The van der Waals surface area contributed by atoms with Crippen molar-refractivity contribution in [3.8, 4) is 17.4 Å². The van der Waals surface area contributed by atoms with Gasteiger partial charge in [-0.25, -0.2) is 14.6 Å². The summed E-state index contributed by atoms with van der Waals surface area (Å²) in [4.78, 5) is 27.2. The number of ether oxygens (including phenoxy) is 3. The number of benzene rings is 1. The summed E-state index contributed by atoms with van der Waals surface area (Å²) >= 11 is 7.96. The number of carboxylic acid groups (broad SMARTS) is 2. The van der Waals surface area contributed by atoms with E-state index in [4.69, 9.17) is 35.9 Å². The third-order valence-corrected chi connectivity index (χ3v) is 7.32. The molecule has 0 spiro atoms. The van der Waals surface area contributed by atoms with E-state index in [2.05, 4.69) is 0 Å². The zero-order chi connectivity index (χ0) is 24.2. The number of carboxylic acids is 1. The number of hydrogen-bond acceptors (Lipinski definition) is 7. The second-order valence-corrected chi connectivity index (χ2v) is 9.79. The fourth-order valence-corrected chi connectivity index (χ4v) is 5.51. The van der Waals surface area contributed by atoms with E-state index in [1.54, 1.807) is 16.7 Å². The van der Waals surface area contributed by atoms with Gasteiger partial charge in [0.2, 0.25) is 12.7 Å². The van der Waals surface area contributed by atoms with Crippen LogP contribution in [0.25, 0.3) is 0 Å². The van der Waals surface area contributed by atoms with Gasteiger partial charge in [0, 0.05) is 28.8 Å². The van der Waals surface area contributed by atoms with Crippen LogP contribution in [0.4, 0.5) is 4.79 Å². The number of rotatable bonds is 8. The number of thioether (sulfide) groups is 1. The van der Waals surface area contributed by atoms with Crippen LogP contribution >= 0.6 is 23.4 Å². The Labute approximate surface area is 205 Å². The van der Waals surface area contributed by atoms with Crippen molar-refractivity contribution in [2.45, 2.75) is 62.3 Å². The molecule has 0 saturated heterocycles. The number of halogens is 1. The maximum atomic E-state index is 11.6. The highest BCUT2D eigenvalue weighted by Gasteiger charge is 2.27. The first-order valence-electron chi connectivity index (χ1n) is 11.0. The molecule has 1 aromatic carbocycles. The standard InChI is InChI=1S/C23H25ClN2O7S/c1-2-3-19-25-21(34-15-6-4-13(5-7-15)8-20(27)28)22(33-23(29)30)26(19)11-14-9-17-18(10-16(14)24)32-12-31-17/h8-10,15H,2-7,11-12H2,1H3,(H,27,28)(H,29,30). The van der Waals surface area contributed by atoms with Gasteiger partial charge in [0.15, 0.2) is 16.5 Å². The van der Waals surface area contributed by atoms with Crippen LogP contribution in [0.1, 0.15) is 50.4 Å². The van der Waals surface area contributed by atoms with Gasteiger partial charge in [-0.2, -0.15) is 0 Å². The first-order chi connectivity index (χ1) is 16.3. The zero-order valence-corrected chi connectivity index (χ0v) is 20.2. The van der Waals surface area contributed by atoms with E-state index in [1.165, 1.54) is 17.8 Å². The summed E-state index contributed by atoms with van der Waals surface area (Å²) in [7, 11) is 0. The summed E-state index contributed by atoms with van der Waals surface area (Å²) in [6, 6.07) is 3.47.